The molecule has 1 amide bonds. The van der Waals surface area contributed by atoms with Crippen LogP contribution >= 0.6 is 0 Å². The predicted molar refractivity (Wildman–Crippen MR) is 155 cm³/mol. The van der Waals surface area contributed by atoms with Gasteiger partial charge >= 0.3 is 6.09 Å². The van der Waals surface area contributed by atoms with Crippen molar-refractivity contribution in [2.75, 3.05) is 0 Å². The molecule has 4 rings (SSSR count). The molecule has 3 aromatic rings. The number of hydrogen-bond acceptors (Lipinski definition) is 7. The lowest BCUT2D eigenvalue weighted by Gasteiger charge is -2.35. The van der Waals surface area contributed by atoms with E-state index in [0.29, 0.717) is 42.1 Å². The lowest BCUT2D eigenvalue weighted by atomic mass is 9.81. The first-order valence-corrected chi connectivity index (χ1v) is 15.2. The number of nitro benzene ring substituents is 1. The molecule has 1 saturated carbocycles. The maximum Gasteiger partial charge on any atom is 0.407 e. The third-order valence-corrected chi connectivity index (χ3v) is 8.92. The lowest BCUT2D eigenvalue weighted by Crippen LogP contribution is -2.48. The summed E-state index contributed by atoms with van der Waals surface area (Å²) in [6.45, 7) is 6.90. The van der Waals surface area contributed by atoms with Crippen LogP contribution < -0.4 is 15.6 Å². The van der Waals surface area contributed by atoms with Crippen molar-refractivity contribution in [2.45, 2.75) is 82.5 Å². The molecule has 0 spiro atoms. The first-order chi connectivity index (χ1) is 19.6. The summed E-state index contributed by atoms with van der Waals surface area (Å²) in [7, 11) is -4.41. The number of para-hydroxylation sites is 1. The molecule has 0 saturated heterocycles. The van der Waals surface area contributed by atoms with Crippen molar-refractivity contribution in [1.82, 2.24) is 14.6 Å². The van der Waals surface area contributed by atoms with E-state index in [2.05, 4.69) is 10.0 Å². The number of fused-ring (bicyclic) bond motifs is 1. The molecule has 2 aromatic carbocycles. The number of nitro groups is 1. The van der Waals surface area contributed by atoms with Crippen LogP contribution in [0.3, 0.4) is 0 Å². The van der Waals surface area contributed by atoms with E-state index in [1.807, 2.05) is 0 Å². The topological polar surface area (TPSA) is 150 Å². The van der Waals surface area contributed by atoms with Crippen LogP contribution in [0.5, 0.6) is 0 Å². The molecule has 0 radical (unpaired) electrons. The molecule has 2 N–H and O–H groups in total. The zero-order chi connectivity index (χ0) is 30.8. The third-order valence-electron chi connectivity index (χ3n) is 7.38. The normalized spacial score (nSPS) is 18.4. The monoisotopic (exact) mass is 602 g/mol. The first-order valence-electron chi connectivity index (χ1n) is 13.7. The van der Waals surface area contributed by atoms with Crippen LogP contribution in [0.4, 0.5) is 14.9 Å². The van der Waals surface area contributed by atoms with E-state index in [0.717, 1.165) is 12.1 Å². The highest BCUT2D eigenvalue weighted by Crippen LogP contribution is 2.31. The number of aryl methyl sites for hydroxylation is 1. The van der Waals surface area contributed by atoms with Crippen molar-refractivity contribution in [3.05, 3.63) is 80.4 Å². The number of alkyl carbamates (subject to hydrolysis) is 1. The Morgan fingerprint density at radius 3 is 2.45 bits per heavy atom. The molecular weight excluding hydrogens is 567 g/mol. The molecule has 1 heterocycles. The number of sulfonamides is 1. The Balaban J connectivity index is 1.67. The van der Waals surface area contributed by atoms with Gasteiger partial charge in [-0.25, -0.2) is 22.3 Å². The number of nitrogens with zero attached hydrogens (tertiary/aromatic N) is 2. The number of benzene rings is 2. The number of nitrogens with one attached hydrogen (secondary N) is 2. The second-order valence-corrected chi connectivity index (χ2v) is 13.3. The Bertz CT molecular complexity index is 1660. The predicted octanol–water partition coefficient (Wildman–Crippen LogP) is 4.79. The van der Waals surface area contributed by atoms with Crippen molar-refractivity contribution in [3.63, 3.8) is 0 Å². The highest BCUT2D eigenvalue weighted by Gasteiger charge is 2.35. The number of rotatable bonds is 8. The van der Waals surface area contributed by atoms with E-state index >= 15 is 0 Å². The minimum Gasteiger partial charge on any atom is -0.444 e. The Morgan fingerprint density at radius 2 is 1.81 bits per heavy atom. The average molecular weight is 603 g/mol. The zero-order valence-electron chi connectivity index (χ0n) is 23.9. The van der Waals surface area contributed by atoms with Gasteiger partial charge in [-0.05, 0) is 89.1 Å². The molecule has 13 heteroatoms. The van der Waals surface area contributed by atoms with Crippen molar-refractivity contribution >= 4 is 32.7 Å². The van der Waals surface area contributed by atoms with Crippen LogP contribution in [0.1, 0.15) is 52.0 Å². The standard InChI is InChI=1S/C29H35FN4O7S/c1-18-15-27(35)33(25-16-20(30)11-14-22(18)25)17-23(32-42(39,40)26-8-6-5-7-24(26)34(37)38)19-9-12-21(13-10-19)31-28(36)41-29(2,3)4/h5-8,11,14-16,19,21,23,32H,9-10,12-13,17H2,1-4H3,(H,31,36)/t19-,21-,23?. The minimum atomic E-state index is -4.41. The van der Waals surface area contributed by atoms with Crippen LogP contribution in [0, 0.1) is 28.8 Å². The van der Waals surface area contributed by atoms with Gasteiger partial charge in [0, 0.05) is 36.1 Å². The number of carbonyl (C=O) groups is 1. The van der Waals surface area contributed by atoms with Gasteiger partial charge in [0.1, 0.15) is 11.4 Å². The maximum absolute atomic E-state index is 14.3. The number of amides is 1. The van der Waals surface area contributed by atoms with Crippen LogP contribution in [-0.2, 0) is 21.3 Å². The SMILES string of the molecule is Cc1cc(=O)n(CC(NS(=O)(=O)c2ccccc2[N+](=O)[O-])[C@H]2CC[C@H](NC(=O)OC(C)(C)C)CC2)c2cc(F)ccc12. The van der Waals surface area contributed by atoms with E-state index < -0.39 is 54.6 Å². The molecule has 1 atom stereocenters. The van der Waals surface area contributed by atoms with Crippen LogP contribution in [-0.4, -0.2) is 41.7 Å². The molecule has 226 valence electrons. The largest absolute Gasteiger partial charge is 0.444 e. The number of ether oxygens (including phenoxy) is 1. The highest BCUT2D eigenvalue weighted by atomic mass is 32.2. The summed E-state index contributed by atoms with van der Waals surface area (Å²) in [5.74, 6) is -0.844. The fourth-order valence-corrected chi connectivity index (χ4v) is 6.90. The van der Waals surface area contributed by atoms with Gasteiger partial charge < -0.3 is 14.6 Å². The van der Waals surface area contributed by atoms with Gasteiger partial charge in [-0.2, -0.15) is 0 Å². The molecule has 11 nitrogen and oxygen atoms in total. The summed E-state index contributed by atoms with van der Waals surface area (Å²) in [6.07, 6.45) is 1.46. The van der Waals surface area contributed by atoms with E-state index in [-0.39, 0.29) is 18.5 Å². The summed E-state index contributed by atoms with van der Waals surface area (Å²) >= 11 is 0. The zero-order valence-corrected chi connectivity index (χ0v) is 24.7. The minimum absolute atomic E-state index is 0.131. The Morgan fingerprint density at radius 1 is 1.14 bits per heavy atom. The summed E-state index contributed by atoms with van der Waals surface area (Å²) in [6, 6.07) is 9.47. The Kier molecular flexibility index (Phi) is 9.02. The number of pyridine rings is 1. The van der Waals surface area contributed by atoms with E-state index in [4.69, 9.17) is 4.74 Å². The van der Waals surface area contributed by atoms with Gasteiger partial charge in [0.25, 0.3) is 11.2 Å². The molecule has 0 aliphatic heterocycles. The number of carbonyl (C=O) groups excluding carboxylic acids is 1. The quantitative estimate of drug-likeness (QED) is 0.278. The Hall–Kier alpha value is -3.84. The van der Waals surface area contributed by atoms with Crippen LogP contribution in [0.25, 0.3) is 10.9 Å². The molecule has 1 aliphatic carbocycles. The average Bonchev–Trinajstić information content (AvgIpc) is 2.89. The fraction of sp³-hybridized carbons (Fsp3) is 0.448. The molecule has 1 aliphatic rings. The molecule has 1 aromatic heterocycles. The van der Waals surface area contributed by atoms with Crippen molar-refractivity contribution in [3.8, 4) is 0 Å². The number of halogens is 1. The van der Waals surface area contributed by atoms with Crippen molar-refractivity contribution < 1.29 is 27.3 Å². The molecule has 1 fully saturated rings. The smallest absolute Gasteiger partial charge is 0.407 e. The van der Waals surface area contributed by atoms with Gasteiger partial charge in [-0.3, -0.25) is 14.9 Å². The molecular formula is C29H35FN4O7S. The first kappa shape index (κ1) is 31.1. The number of aromatic nitrogens is 1. The van der Waals surface area contributed by atoms with Crippen molar-refractivity contribution in [1.29, 1.82) is 0 Å². The number of hydrogen-bond donors (Lipinski definition) is 2. The van der Waals surface area contributed by atoms with Crippen LogP contribution in [0.2, 0.25) is 0 Å². The van der Waals surface area contributed by atoms with Gasteiger partial charge in [0.15, 0.2) is 4.90 Å². The second kappa shape index (κ2) is 12.2. The summed E-state index contributed by atoms with van der Waals surface area (Å²) in [5.41, 5.74) is -0.698. The van der Waals surface area contributed by atoms with E-state index in [1.54, 1.807) is 33.8 Å². The second-order valence-electron chi connectivity index (χ2n) is 11.6. The molecule has 0 bridgehead atoms. The van der Waals surface area contributed by atoms with Gasteiger partial charge in [-0.15, -0.1) is 0 Å². The Labute approximate surface area is 243 Å². The maximum atomic E-state index is 14.3. The third kappa shape index (κ3) is 7.32. The van der Waals surface area contributed by atoms with Gasteiger partial charge in [0.2, 0.25) is 10.0 Å². The summed E-state index contributed by atoms with van der Waals surface area (Å²) in [4.78, 5) is 35.8. The summed E-state index contributed by atoms with van der Waals surface area (Å²) < 4.78 is 50.7. The fourth-order valence-electron chi connectivity index (χ4n) is 5.43. The lowest BCUT2D eigenvalue weighted by molar-refractivity contribution is -0.387. The molecule has 42 heavy (non-hydrogen) atoms. The van der Waals surface area contributed by atoms with E-state index in [1.165, 1.54) is 34.9 Å². The van der Waals surface area contributed by atoms with Crippen molar-refractivity contribution in [2.24, 2.45) is 5.92 Å². The molecule has 1 unspecified atom stereocenters. The van der Waals surface area contributed by atoms with Gasteiger partial charge in [0.05, 0.1) is 10.4 Å². The van der Waals surface area contributed by atoms with Crippen LogP contribution in [0.15, 0.2) is 58.2 Å². The van der Waals surface area contributed by atoms with Gasteiger partial charge in [-0.1, -0.05) is 12.1 Å². The highest BCUT2D eigenvalue weighted by molar-refractivity contribution is 7.89. The van der Waals surface area contributed by atoms with E-state index in [9.17, 15) is 32.5 Å². The summed E-state index contributed by atoms with van der Waals surface area (Å²) in [5, 5.41) is 15.1.